The Kier molecular flexibility index (Phi) is 37.5. The molecule has 0 radical (unpaired) electrons. The third kappa shape index (κ3) is 37.1. The fraction of sp³-hybridized carbons (Fsp3) is 0.857. The first-order valence-corrected chi connectivity index (χ1v) is 20.4. The molecule has 0 saturated heterocycles. The van der Waals surface area contributed by atoms with Gasteiger partial charge in [0.2, 0.25) is 0 Å². The topological polar surface area (TPSA) is 72.8 Å². The highest BCUT2D eigenvalue weighted by Crippen LogP contribution is 2.14. The molecular formula is C42H78O5. The molecule has 0 aromatic rings. The number of carbonyl (C=O) groups excluding carboxylic acids is 2. The number of carbonyl (C=O) groups is 2. The van der Waals surface area contributed by atoms with Crippen LogP contribution < -0.4 is 0 Å². The van der Waals surface area contributed by atoms with Crippen LogP contribution in [0.1, 0.15) is 213 Å². The molecule has 47 heavy (non-hydrogen) atoms. The summed E-state index contributed by atoms with van der Waals surface area (Å²) in [7, 11) is 0. The lowest BCUT2D eigenvalue weighted by atomic mass is 10.0. The maximum Gasteiger partial charge on any atom is 0.306 e. The van der Waals surface area contributed by atoms with Crippen LogP contribution in [0.15, 0.2) is 24.3 Å². The Morgan fingerprint density at radius 1 is 0.468 bits per heavy atom. The number of hydrogen-bond donors (Lipinski definition) is 1. The van der Waals surface area contributed by atoms with E-state index in [0.29, 0.717) is 12.8 Å². The maximum atomic E-state index is 12.2. The van der Waals surface area contributed by atoms with Crippen molar-refractivity contribution in [3.05, 3.63) is 24.3 Å². The molecule has 0 aromatic carbocycles. The summed E-state index contributed by atoms with van der Waals surface area (Å²) in [6.07, 6.45) is 45.3. The summed E-state index contributed by atoms with van der Waals surface area (Å²) in [5.41, 5.74) is 0. The van der Waals surface area contributed by atoms with Gasteiger partial charge in [0, 0.05) is 12.8 Å². The van der Waals surface area contributed by atoms with Gasteiger partial charge in [-0.3, -0.25) is 9.59 Å². The van der Waals surface area contributed by atoms with Gasteiger partial charge in [0.1, 0.15) is 6.61 Å². The fourth-order valence-corrected chi connectivity index (χ4v) is 5.84. The molecule has 5 heteroatoms. The zero-order valence-electron chi connectivity index (χ0n) is 31.3. The maximum absolute atomic E-state index is 12.2. The normalized spacial score (nSPS) is 12.3. The first kappa shape index (κ1) is 45.4. The van der Waals surface area contributed by atoms with Crippen LogP contribution in [-0.2, 0) is 19.1 Å². The Morgan fingerprint density at radius 3 is 1.19 bits per heavy atom. The van der Waals surface area contributed by atoms with Crippen molar-refractivity contribution >= 4 is 11.9 Å². The summed E-state index contributed by atoms with van der Waals surface area (Å²) in [4.78, 5) is 24.2. The van der Waals surface area contributed by atoms with Crippen molar-refractivity contribution in [2.75, 3.05) is 13.2 Å². The summed E-state index contributed by atoms with van der Waals surface area (Å²) in [5.74, 6) is -0.597. The molecular weight excluding hydrogens is 584 g/mol. The van der Waals surface area contributed by atoms with Gasteiger partial charge < -0.3 is 14.6 Å². The molecule has 0 bridgehead atoms. The SMILES string of the molecule is CCCCC/C=C/CCCCCCCC(=O)OC[C@H](CO)OC(=O)CCCCCCCCCCCCC/C=C/CCCCCCCC. The molecule has 1 atom stereocenters. The lowest BCUT2D eigenvalue weighted by Crippen LogP contribution is -2.28. The number of hydrogen-bond acceptors (Lipinski definition) is 5. The average Bonchev–Trinajstić information content (AvgIpc) is 3.07. The van der Waals surface area contributed by atoms with Crippen molar-refractivity contribution in [2.45, 2.75) is 219 Å². The van der Waals surface area contributed by atoms with E-state index in [9.17, 15) is 14.7 Å². The van der Waals surface area contributed by atoms with Gasteiger partial charge in [-0.15, -0.1) is 0 Å². The van der Waals surface area contributed by atoms with E-state index in [1.165, 1.54) is 141 Å². The van der Waals surface area contributed by atoms with Crippen LogP contribution in [0.2, 0.25) is 0 Å². The minimum absolute atomic E-state index is 0.0674. The van der Waals surface area contributed by atoms with E-state index in [2.05, 4.69) is 38.2 Å². The molecule has 0 amide bonds. The van der Waals surface area contributed by atoms with Crippen molar-refractivity contribution in [3.63, 3.8) is 0 Å². The highest BCUT2D eigenvalue weighted by Gasteiger charge is 2.16. The first-order chi connectivity index (χ1) is 23.1. The van der Waals surface area contributed by atoms with Gasteiger partial charge in [-0.25, -0.2) is 0 Å². The number of aliphatic hydroxyl groups is 1. The van der Waals surface area contributed by atoms with E-state index < -0.39 is 6.10 Å². The van der Waals surface area contributed by atoms with Crippen LogP contribution in [0, 0.1) is 0 Å². The highest BCUT2D eigenvalue weighted by atomic mass is 16.6. The summed E-state index contributed by atoms with van der Waals surface area (Å²) in [5, 5.41) is 9.55. The monoisotopic (exact) mass is 663 g/mol. The van der Waals surface area contributed by atoms with Crippen LogP contribution in [-0.4, -0.2) is 36.4 Å². The zero-order chi connectivity index (χ0) is 34.3. The Balaban J connectivity index is 3.51. The van der Waals surface area contributed by atoms with Crippen LogP contribution >= 0.6 is 0 Å². The molecule has 0 unspecified atom stereocenters. The van der Waals surface area contributed by atoms with Gasteiger partial charge >= 0.3 is 11.9 Å². The summed E-state index contributed by atoms with van der Waals surface area (Å²) >= 11 is 0. The molecule has 0 saturated carbocycles. The zero-order valence-corrected chi connectivity index (χ0v) is 31.3. The van der Waals surface area contributed by atoms with E-state index in [1.807, 2.05) is 0 Å². The van der Waals surface area contributed by atoms with Gasteiger partial charge in [-0.1, -0.05) is 160 Å². The van der Waals surface area contributed by atoms with Gasteiger partial charge in [-0.2, -0.15) is 0 Å². The molecule has 0 aliphatic rings. The van der Waals surface area contributed by atoms with Gasteiger partial charge in [0.15, 0.2) is 6.10 Å². The highest BCUT2D eigenvalue weighted by molar-refractivity contribution is 5.70. The predicted molar refractivity (Wildman–Crippen MR) is 201 cm³/mol. The van der Waals surface area contributed by atoms with E-state index in [0.717, 1.165) is 44.9 Å². The standard InChI is InChI=1S/C42H78O5/c1-3-5-7-9-11-13-15-17-18-19-20-21-22-23-24-25-27-29-31-33-35-37-42(45)47-40(38-43)39-46-41(44)36-34-32-30-28-26-16-14-12-10-8-6-4-2/h12,14,17-18,40,43H,3-11,13,15-16,19-39H2,1-2H3/b14-12+,18-17+/t40-/m0/s1. The fourth-order valence-electron chi connectivity index (χ4n) is 5.84. The molecule has 5 nitrogen and oxygen atoms in total. The van der Waals surface area contributed by atoms with Gasteiger partial charge in [-0.05, 0) is 64.2 Å². The molecule has 0 heterocycles. The van der Waals surface area contributed by atoms with Crippen molar-refractivity contribution in [1.82, 2.24) is 0 Å². The Labute approximate surface area is 292 Å². The first-order valence-electron chi connectivity index (χ1n) is 20.4. The Morgan fingerprint density at radius 2 is 0.787 bits per heavy atom. The van der Waals surface area contributed by atoms with Crippen molar-refractivity contribution in [2.24, 2.45) is 0 Å². The van der Waals surface area contributed by atoms with E-state index >= 15 is 0 Å². The second-order valence-electron chi connectivity index (χ2n) is 13.7. The molecule has 0 aromatic heterocycles. The summed E-state index contributed by atoms with van der Waals surface area (Å²) < 4.78 is 10.6. The van der Waals surface area contributed by atoms with Crippen LogP contribution in [0.25, 0.3) is 0 Å². The number of allylic oxidation sites excluding steroid dienone is 4. The molecule has 1 N–H and O–H groups in total. The molecule has 0 aliphatic carbocycles. The lowest BCUT2D eigenvalue weighted by molar-refractivity contribution is -0.161. The van der Waals surface area contributed by atoms with Crippen molar-refractivity contribution in [1.29, 1.82) is 0 Å². The van der Waals surface area contributed by atoms with E-state index in [4.69, 9.17) is 9.47 Å². The molecule has 0 fully saturated rings. The molecule has 0 spiro atoms. The third-order valence-electron chi connectivity index (χ3n) is 8.97. The number of esters is 2. The van der Waals surface area contributed by atoms with Crippen molar-refractivity contribution in [3.8, 4) is 0 Å². The summed E-state index contributed by atoms with van der Waals surface area (Å²) in [6, 6.07) is 0. The minimum Gasteiger partial charge on any atom is -0.462 e. The molecule has 0 aliphatic heterocycles. The molecule has 0 rings (SSSR count). The number of unbranched alkanes of at least 4 members (excludes halogenated alkanes) is 25. The van der Waals surface area contributed by atoms with Crippen LogP contribution in [0.3, 0.4) is 0 Å². The largest absolute Gasteiger partial charge is 0.462 e. The van der Waals surface area contributed by atoms with Gasteiger partial charge in [0.25, 0.3) is 0 Å². The van der Waals surface area contributed by atoms with Gasteiger partial charge in [0.05, 0.1) is 6.61 Å². The predicted octanol–water partition coefficient (Wildman–Crippen LogP) is 12.7. The van der Waals surface area contributed by atoms with Crippen LogP contribution in [0.4, 0.5) is 0 Å². The third-order valence-corrected chi connectivity index (χ3v) is 8.97. The minimum atomic E-state index is -0.771. The van der Waals surface area contributed by atoms with Crippen molar-refractivity contribution < 1.29 is 24.2 Å². The van der Waals surface area contributed by atoms with E-state index in [1.54, 1.807) is 0 Å². The average molecular weight is 663 g/mol. The number of rotatable bonds is 37. The quantitative estimate of drug-likeness (QED) is 0.0407. The lowest BCUT2D eigenvalue weighted by Gasteiger charge is -2.15. The van der Waals surface area contributed by atoms with E-state index in [-0.39, 0.29) is 25.2 Å². The Bertz CT molecular complexity index is 716. The second-order valence-corrected chi connectivity index (χ2v) is 13.7. The number of ether oxygens (including phenoxy) is 2. The molecule has 276 valence electrons. The number of aliphatic hydroxyl groups excluding tert-OH is 1. The Hall–Kier alpha value is -1.62. The second kappa shape index (κ2) is 38.8. The summed E-state index contributed by atoms with van der Waals surface area (Å²) in [6.45, 7) is 4.11. The smallest absolute Gasteiger partial charge is 0.306 e. The van der Waals surface area contributed by atoms with Crippen LogP contribution in [0.5, 0.6) is 0 Å².